The van der Waals surface area contributed by atoms with Crippen LogP contribution >= 0.6 is 11.3 Å². The van der Waals surface area contributed by atoms with Crippen molar-refractivity contribution in [2.24, 2.45) is 0 Å². The van der Waals surface area contributed by atoms with Gasteiger partial charge in [-0.2, -0.15) is 0 Å². The molecule has 0 radical (unpaired) electrons. The van der Waals surface area contributed by atoms with Crippen molar-refractivity contribution in [2.45, 2.75) is 38.6 Å². The second kappa shape index (κ2) is 4.17. The van der Waals surface area contributed by atoms with Crippen LogP contribution in [0.1, 0.15) is 32.6 Å². The van der Waals surface area contributed by atoms with Crippen molar-refractivity contribution in [3.8, 4) is 0 Å². The third-order valence-electron chi connectivity index (χ3n) is 2.81. The first-order chi connectivity index (χ1) is 6.77. The highest BCUT2D eigenvalue weighted by atomic mass is 32.1. The van der Waals surface area contributed by atoms with Crippen LogP contribution in [0.2, 0.25) is 0 Å². The molecule has 1 saturated heterocycles. The van der Waals surface area contributed by atoms with Gasteiger partial charge in [-0.3, -0.25) is 0 Å². The zero-order valence-electron chi connectivity index (χ0n) is 8.57. The Hall–Kier alpha value is -0.770. The van der Waals surface area contributed by atoms with Crippen LogP contribution < -0.4 is 10.6 Å². The van der Waals surface area contributed by atoms with Crippen LogP contribution in [0.3, 0.4) is 0 Å². The predicted molar refractivity (Wildman–Crippen MR) is 61.8 cm³/mol. The molecule has 1 fully saturated rings. The van der Waals surface area contributed by atoms with Crippen LogP contribution in [0.25, 0.3) is 0 Å². The highest BCUT2D eigenvalue weighted by Gasteiger charge is 2.19. The molecule has 1 aromatic rings. The van der Waals surface area contributed by atoms with Gasteiger partial charge in [-0.05, 0) is 19.8 Å². The summed E-state index contributed by atoms with van der Waals surface area (Å²) >= 11 is 1.60. The molecule has 2 heterocycles. The topological polar surface area (TPSA) is 42.2 Å². The van der Waals surface area contributed by atoms with Gasteiger partial charge in [0.15, 0.2) is 5.13 Å². The summed E-state index contributed by atoms with van der Waals surface area (Å²) in [4.78, 5) is 6.75. The van der Waals surface area contributed by atoms with E-state index in [0.717, 1.165) is 16.7 Å². The van der Waals surface area contributed by atoms with Gasteiger partial charge >= 0.3 is 0 Å². The molecule has 1 unspecified atom stereocenters. The molecule has 1 aliphatic rings. The van der Waals surface area contributed by atoms with E-state index in [9.17, 15) is 0 Å². The second-order valence-corrected chi connectivity index (χ2v) is 4.98. The van der Waals surface area contributed by atoms with Crippen molar-refractivity contribution in [3.63, 3.8) is 0 Å². The minimum atomic E-state index is 0.614. The van der Waals surface area contributed by atoms with Crippen LogP contribution in [0, 0.1) is 0 Å². The van der Waals surface area contributed by atoms with Gasteiger partial charge in [0.25, 0.3) is 0 Å². The van der Waals surface area contributed by atoms with E-state index >= 15 is 0 Å². The van der Waals surface area contributed by atoms with E-state index in [-0.39, 0.29) is 0 Å². The summed E-state index contributed by atoms with van der Waals surface area (Å²) in [5.41, 5.74) is 5.70. The van der Waals surface area contributed by atoms with E-state index in [1.54, 1.807) is 17.5 Å². The summed E-state index contributed by atoms with van der Waals surface area (Å²) in [7, 11) is 0. The molecule has 0 bridgehead atoms. The molecule has 1 aliphatic heterocycles. The number of hydrogen-bond donors (Lipinski definition) is 1. The number of aromatic nitrogens is 1. The Morgan fingerprint density at radius 3 is 3.07 bits per heavy atom. The summed E-state index contributed by atoms with van der Waals surface area (Å²) < 4.78 is 0. The summed E-state index contributed by atoms with van der Waals surface area (Å²) in [6, 6.07) is 0.614. The molecule has 1 atom stereocenters. The molecular formula is C10H17N3S. The molecule has 1 aromatic heterocycles. The zero-order valence-corrected chi connectivity index (χ0v) is 9.39. The number of nitrogens with two attached hydrogens (primary N) is 1. The fourth-order valence-corrected chi connectivity index (χ4v) is 2.78. The summed E-state index contributed by atoms with van der Waals surface area (Å²) in [6.07, 6.45) is 7.02. The highest BCUT2D eigenvalue weighted by Crippen LogP contribution is 2.29. The van der Waals surface area contributed by atoms with Gasteiger partial charge in [0.05, 0.1) is 6.20 Å². The maximum atomic E-state index is 5.70. The van der Waals surface area contributed by atoms with Crippen molar-refractivity contribution >= 4 is 21.5 Å². The molecule has 4 heteroatoms. The largest absolute Gasteiger partial charge is 0.389 e. The SMILES string of the molecule is CC1CCCCCN1c1ncc(N)s1. The Balaban J connectivity index is 2.14. The number of hydrogen-bond acceptors (Lipinski definition) is 4. The average molecular weight is 211 g/mol. The monoisotopic (exact) mass is 211 g/mol. The minimum absolute atomic E-state index is 0.614. The van der Waals surface area contributed by atoms with E-state index < -0.39 is 0 Å². The van der Waals surface area contributed by atoms with Gasteiger partial charge in [-0.15, -0.1) is 0 Å². The van der Waals surface area contributed by atoms with Crippen molar-refractivity contribution in [1.29, 1.82) is 0 Å². The van der Waals surface area contributed by atoms with Crippen molar-refractivity contribution < 1.29 is 0 Å². The summed E-state index contributed by atoms with van der Waals surface area (Å²) in [5, 5.41) is 1.91. The molecule has 2 rings (SSSR count). The fraction of sp³-hybridized carbons (Fsp3) is 0.700. The first kappa shape index (κ1) is 9.77. The number of nitrogens with zero attached hydrogens (tertiary/aromatic N) is 2. The van der Waals surface area contributed by atoms with Gasteiger partial charge in [0.1, 0.15) is 5.00 Å². The maximum Gasteiger partial charge on any atom is 0.187 e. The lowest BCUT2D eigenvalue weighted by molar-refractivity contribution is 0.615. The number of rotatable bonds is 1. The van der Waals surface area contributed by atoms with Crippen LogP contribution in [0.5, 0.6) is 0 Å². The van der Waals surface area contributed by atoms with Crippen LogP contribution in [0.15, 0.2) is 6.20 Å². The molecule has 0 aliphatic carbocycles. The van der Waals surface area contributed by atoms with E-state index in [1.807, 2.05) is 0 Å². The van der Waals surface area contributed by atoms with E-state index in [4.69, 9.17) is 5.73 Å². The molecular weight excluding hydrogens is 194 g/mol. The lowest BCUT2D eigenvalue weighted by Crippen LogP contribution is -2.32. The summed E-state index contributed by atoms with van der Waals surface area (Å²) in [5.74, 6) is 0. The highest BCUT2D eigenvalue weighted by molar-refractivity contribution is 7.19. The Labute approximate surface area is 88.9 Å². The van der Waals surface area contributed by atoms with Gasteiger partial charge in [-0.25, -0.2) is 4.98 Å². The van der Waals surface area contributed by atoms with Crippen molar-refractivity contribution in [3.05, 3.63) is 6.20 Å². The van der Waals surface area contributed by atoms with Crippen molar-refractivity contribution in [1.82, 2.24) is 4.98 Å². The van der Waals surface area contributed by atoms with Crippen molar-refractivity contribution in [2.75, 3.05) is 17.2 Å². The summed E-state index contributed by atoms with van der Waals surface area (Å²) in [6.45, 7) is 3.41. The molecule has 0 spiro atoms. The first-order valence-electron chi connectivity index (χ1n) is 5.25. The van der Waals surface area contributed by atoms with Crippen LogP contribution in [-0.4, -0.2) is 17.6 Å². The maximum absolute atomic E-state index is 5.70. The smallest absolute Gasteiger partial charge is 0.187 e. The number of anilines is 2. The number of nitrogen functional groups attached to an aromatic ring is 1. The van der Waals surface area contributed by atoms with Gasteiger partial charge < -0.3 is 10.6 Å². The van der Waals surface area contributed by atoms with Gasteiger partial charge in [0.2, 0.25) is 0 Å². The molecule has 0 amide bonds. The van der Waals surface area contributed by atoms with Gasteiger partial charge in [0, 0.05) is 12.6 Å². The minimum Gasteiger partial charge on any atom is -0.389 e. The normalized spacial score (nSPS) is 23.5. The molecule has 14 heavy (non-hydrogen) atoms. The molecule has 0 aromatic carbocycles. The predicted octanol–water partition coefficient (Wildman–Crippen LogP) is 2.49. The quantitative estimate of drug-likeness (QED) is 0.776. The van der Waals surface area contributed by atoms with Gasteiger partial charge in [-0.1, -0.05) is 24.2 Å². The second-order valence-electron chi connectivity index (χ2n) is 3.94. The Morgan fingerprint density at radius 1 is 1.50 bits per heavy atom. The Kier molecular flexibility index (Phi) is 2.91. The van der Waals surface area contributed by atoms with E-state index in [1.165, 1.54) is 25.7 Å². The Bertz CT molecular complexity index is 297. The molecule has 0 saturated carbocycles. The fourth-order valence-electron chi connectivity index (χ4n) is 1.97. The van der Waals surface area contributed by atoms with Crippen LogP contribution in [0.4, 0.5) is 10.1 Å². The third kappa shape index (κ3) is 2.00. The zero-order chi connectivity index (χ0) is 9.97. The molecule has 2 N–H and O–H groups in total. The number of thiazole rings is 1. The third-order valence-corrected chi connectivity index (χ3v) is 3.67. The van der Waals surface area contributed by atoms with E-state index in [0.29, 0.717) is 6.04 Å². The lowest BCUT2D eigenvalue weighted by atomic mass is 10.1. The molecule has 78 valence electrons. The average Bonchev–Trinajstić information content (AvgIpc) is 2.46. The lowest BCUT2D eigenvalue weighted by Gasteiger charge is -2.26. The van der Waals surface area contributed by atoms with E-state index in [2.05, 4.69) is 16.8 Å². The standard InChI is InChI=1S/C10H17N3S/c1-8-5-3-2-4-6-13(8)10-12-7-9(11)14-10/h7-8H,2-6,11H2,1H3. The molecule has 3 nitrogen and oxygen atoms in total. The van der Waals surface area contributed by atoms with Crippen LogP contribution in [-0.2, 0) is 0 Å². The first-order valence-corrected chi connectivity index (χ1v) is 6.07. The Morgan fingerprint density at radius 2 is 2.36 bits per heavy atom.